The molecular weight excluding hydrogens is 320 g/mol. The smallest absolute Gasteiger partial charge is 0.226 e. The molecule has 0 spiro atoms. The van der Waals surface area contributed by atoms with Gasteiger partial charge in [0.15, 0.2) is 0 Å². The van der Waals surface area contributed by atoms with Crippen molar-refractivity contribution < 1.29 is 9.90 Å². The van der Waals surface area contributed by atoms with Crippen LogP contribution in [0.25, 0.3) is 0 Å². The third-order valence-corrected chi connectivity index (χ3v) is 5.73. The van der Waals surface area contributed by atoms with Crippen molar-refractivity contribution in [3.05, 3.63) is 51.5 Å². The topological polar surface area (TPSA) is 62.2 Å². The second-order valence-electron chi connectivity index (χ2n) is 6.83. The Morgan fingerprint density at radius 3 is 2.96 bits per heavy atom. The van der Waals surface area contributed by atoms with Gasteiger partial charge >= 0.3 is 0 Å². The van der Waals surface area contributed by atoms with Crippen molar-refractivity contribution in [1.82, 2.24) is 10.3 Å². The minimum atomic E-state index is -0.963. The molecule has 0 radical (unpaired) electrons. The highest BCUT2D eigenvalue weighted by atomic mass is 32.1. The zero-order valence-corrected chi connectivity index (χ0v) is 15.0. The summed E-state index contributed by atoms with van der Waals surface area (Å²) in [5.41, 5.74) is 1.97. The van der Waals surface area contributed by atoms with Crippen LogP contribution in [0.4, 0.5) is 0 Å². The molecule has 2 aromatic rings. The molecule has 0 fully saturated rings. The molecular formula is C19H24N2O2S. The molecule has 1 atom stereocenters. The first-order chi connectivity index (χ1) is 11.5. The Hall–Kier alpha value is -1.72. The number of fused-ring (bicyclic) bond motifs is 1. The van der Waals surface area contributed by atoms with Crippen LogP contribution in [0.2, 0.25) is 0 Å². The van der Waals surface area contributed by atoms with Gasteiger partial charge in [0.1, 0.15) is 5.60 Å². The van der Waals surface area contributed by atoms with Gasteiger partial charge in [-0.05, 0) is 30.4 Å². The Kier molecular flexibility index (Phi) is 5.01. The maximum atomic E-state index is 12.2. The molecule has 1 heterocycles. The normalized spacial score (nSPS) is 20.0. The molecule has 1 aromatic carbocycles. The number of nitrogens with zero attached hydrogens (tertiary/aromatic N) is 1. The summed E-state index contributed by atoms with van der Waals surface area (Å²) in [7, 11) is 0. The number of amides is 1. The first-order valence-corrected chi connectivity index (χ1v) is 9.38. The van der Waals surface area contributed by atoms with E-state index in [4.69, 9.17) is 0 Å². The van der Waals surface area contributed by atoms with Gasteiger partial charge < -0.3 is 10.4 Å². The standard InChI is InChI=1S/C19H24N2O2S/c1-13(2)18-21-15(11-24-18)10-17(22)20-12-19(23)9-5-7-14-6-3-4-8-16(14)19/h3-4,6,8,11,13,23H,5,7,9-10,12H2,1-2H3,(H,20,22)/t19-/m1/s1. The Labute approximate surface area is 146 Å². The average Bonchev–Trinajstić information content (AvgIpc) is 3.02. The molecule has 1 aliphatic rings. The SMILES string of the molecule is CC(C)c1nc(CC(=O)NC[C@]2(O)CCCc3ccccc32)cs1. The van der Waals surface area contributed by atoms with Crippen LogP contribution in [-0.4, -0.2) is 22.5 Å². The van der Waals surface area contributed by atoms with E-state index in [0.717, 1.165) is 29.1 Å². The molecule has 3 rings (SSSR count). The van der Waals surface area contributed by atoms with E-state index in [9.17, 15) is 9.90 Å². The van der Waals surface area contributed by atoms with E-state index in [0.29, 0.717) is 12.3 Å². The fraction of sp³-hybridized carbons (Fsp3) is 0.474. The quantitative estimate of drug-likeness (QED) is 0.876. The van der Waals surface area contributed by atoms with Crippen LogP contribution in [0.1, 0.15) is 54.4 Å². The minimum Gasteiger partial charge on any atom is -0.383 e. The molecule has 128 valence electrons. The molecule has 2 N–H and O–H groups in total. The molecule has 24 heavy (non-hydrogen) atoms. The zero-order valence-electron chi connectivity index (χ0n) is 14.2. The largest absolute Gasteiger partial charge is 0.383 e. The van der Waals surface area contributed by atoms with E-state index in [1.54, 1.807) is 11.3 Å². The average molecular weight is 344 g/mol. The van der Waals surface area contributed by atoms with Crippen LogP contribution >= 0.6 is 11.3 Å². The summed E-state index contributed by atoms with van der Waals surface area (Å²) in [5.74, 6) is 0.290. The van der Waals surface area contributed by atoms with Gasteiger partial charge in [-0.2, -0.15) is 0 Å². The third kappa shape index (κ3) is 3.68. The Morgan fingerprint density at radius 2 is 2.21 bits per heavy atom. The Morgan fingerprint density at radius 1 is 1.42 bits per heavy atom. The first-order valence-electron chi connectivity index (χ1n) is 8.50. The number of thiazole rings is 1. The predicted molar refractivity (Wildman–Crippen MR) is 96.2 cm³/mol. The molecule has 1 aromatic heterocycles. The van der Waals surface area contributed by atoms with E-state index in [1.807, 2.05) is 23.6 Å². The van der Waals surface area contributed by atoms with Crippen LogP contribution in [0.15, 0.2) is 29.6 Å². The van der Waals surface area contributed by atoms with E-state index < -0.39 is 5.60 Å². The summed E-state index contributed by atoms with van der Waals surface area (Å²) in [5, 5.41) is 16.9. The van der Waals surface area contributed by atoms with Gasteiger partial charge in [-0.15, -0.1) is 11.3 Å². The van der Waals surface area contributed by atoms with Crippen molar-refractivity contribution in [1.29, 1.82) is 0 Å². The van der Waals surface area contributed by atoms with Crippen molar-refractivity contribution in [2.45, 2.75) is 51.0 Å². The molecule has 1 aliphatic carbocycles. The molecule has 0 bridgehead atoms. The van der Waals surface area contributed by atoms with Gasteiger partial charge in [-0.3, -0.25) is 4.79 Å². The van der Waals surface area contributed by atoms with Gasteiger partial charge in [-0.25, -0.2) is 4.98 Å². The fourth-order valence-electron chi connectivity index (χ4n) is 3.22. The molecule has 0 unspecified atom stereocenters. The highest BCUT2D eigenvalue weighted by molar-refractivity contribution is 7.09. The van der Waals surface area contributed by atoms with Crippen molar-refractivity contribution in [2.75, 3.05) is 6.54 Å². The maximum absolute atomic E-state index is 12.2. The number of nitrogens with one attached hydrogen (secondary N) is 1. The monoisotopic (exact) mass is 344 g/mol. The Bertz CT molecular complexity index is 726. The van der Waals surface area contributed by atoms with Crippen molar-refractivity contribution in [3.8, 4) is 0 Å². The van der Waals surface area contributed by atoms with Crippen molar-refractivity contribution >= 4 is 17.2 Å². The summed E-state index contributed by atoms with van der Waals surface area (Å²) < 4.78 is 0. The van der Waals surface area contributed by atoms with Gasteiger partial charge in [0.05, 0.1) is 23.7 Å². The number of rotatable bonds is 5. The number of aromatic nitrogens is 1. The van der Waals surface area contributed by atoms with E-state index in [-0.39, 0.29) is 18.9 Å². The van der Waals surface area contributed by atoms with Crippen LogP contribution in [-0.2, 0) is 23.2 Å². The second-order valence-corrected chi connectivity index (χ2v) is 7.72. The lowest BCUT2D eigenvalue weighted by Crippen LogP contribution is -2.43. The lowest BCUT2D eigenvalue weighted by molar-refractivity contribution is -0.122. The lowest BCUT2D eigenvalue weighted by Gasteiger charge is -2.34. The van der Waals surface area contributed by atoms with E-state index in [2.05, 4.69) is 30.2 Å². The van der Waals surface area contributed by atoms with Gasteiger partial charge in [-0.1, -0.05) is 38.1 Å². The number of carbonyl (C=O) groups is 1. The van der Waals surface area contributed by atoms with E-state index >= 15 is 0 Å². The number of benzene rings is 1. The van der Waals surface area contributed by atoms with E-state index in [1.165, 1.54) is 5.56 Å². The number of aryl methyl sites for hydroxylation is 1. The Balaban J connectivity index is 1.62. The maximum Gasteiger partial charge on any atom is 0.226 e. The third-order valence-electron chi connectivity index (χ3n) is 4.54. The molecule has 4 nitrogen and oxygen atoms in total. The number of aliphatic hydroxyl groups is 1. The summed E-state index contributed by atoms with van der Waals surface area (Å²) in [6.07, 6.45) is 2.87. The van der Waals surface area contributed by atoms with Gasteiger partial charge in [0.2, 0.25) is 5.91 Å². The van der Waals surface area contributed by atoms with Crippen LogP contribution in [0, 0.1) is 0 Å². The summed E-state index contributed by atoms with van der Waals surface area (Å²) in [4.78, 5) is 16.7. The summed E-state index contributed by atoms with van der Waals surface area (Å²) >= 11 is 1.60. The van der Waals surface area contributed by atoms with Gasteiger partial charge in [0.25, 0.3) is 0 Å². The molecule has 1 amide bonds. The number of carbonyl (C=O) groups excluding carboxylic acids is 1. The molecule has 5 heteroatoms. The van der Waals surface area contributed by atoms with Crippen LogP contribution in [0.5, 0.6) is 0 Å². The molecule has 0 saturated heterocycles. The number of hydrogen-bond acceptors (Lipinski definition) is 4. The number of hydrogen-bond donors (Lipinski definition) is 2. The molecule has 0 aliphatic heterocycles. The van der Waals surface area contributed by atoms with Gasteiger partial charge in [0, 0.05) is 11.3 Å². The predicted octanol–water partition coefficient (Wildman–Crippen LogP) is 3.15. The fourth-order valence-corrected chi connectivity index (χ4v) is 4.06. The lowest BCUT2D eigenvalue weighted by atomic mass is 9.79. The summed E-state index contributed by atoms with van der Waals surface area (Å²) in [6.45, 7) is 4.45. The minimum absolute atomic E-state index is 0.0907. The molecule has 0 saturated carbocycles. The van der Waals surface area contributed by atoms with Crippen molar-refractivity contribution in [3.63, 3.8) is 0 Å². The zero-order chi connectivity index (χ0) is 17.2. The second kappa shape index (κ2) is 7.03. The highest BCUT2D eigenvalue weighted by Crippen LogP contribution is 2.34. The van der Waals surface area contributed by atoms with Crippen molar-refractivity contribution in [2.24, 2.45) is 0 Å². The highest BCUT2D eigenvalue weighted by Gasteiger charge is 2.34. The van der Waals surface area contributed by atoms with Crippen LogP contribution < -0.4 is 5.32 Å². The summed E-state index contributed by atoms with van der Waals surface area (Å²) in [6, 6.07) is 7.97. The first kappa shape index (κ1) is 17.1. The van der Waals surface area contributed by atoms with Crippen LogP contribution in [0.3, 0.4) is 0 Å².